The van der Waals surface area contributed by atoms with E-state index in [0.29, 0.717) is 0 Å². The molecule has 23 heavy (non-hydrogen) atoms. The maximum atomic E-state index is 7.57. The first-order chi connectivity index (χ1) is 11.0. The highest BCUT2D eigenvalue weighted by molar-refractivity contribution is 6.76. The van der Waals surface area contributed by atoms with Gasteiger partial charge < -0.3 is 5.11 Å². The van der Waals surface area contributed by atoms with Gasteiger partial charge in [-0.1, -0.05) is 123 Å². The van der Waals surface area contributed by atoms with Crippen LogP contribution in [0, 0.1) is 0 Å². The molecule has 0 aromatic heterocycles. The van der Waals surface area contributed by atoms with Crippen molar-refractivity contribution in [3.8, 4) is 0 Å². The van der Waals surface area contributed by atoms with Crippen molar-refractivity contribution in [2.75, 3.05) is 6.61 Å². The molecule has 0 spiro atoms. The fraction of sp³-hybridized carbons (Fsp3) is 1.00. The molecule has 0 unspecified atom stereocenters. The normalized spacial score (nSPS) is 11.2. The molecule has 0 atom stereocenters. The van der Waals surface area contributed by atoms with Crippen LogP contribution in [0.3, 0.4) is 0 Å². The van der Waals surface area contributed by atoms with E-state index in [0.717, 1.165) is 0 Å². The van der Waals surface area contributed by atoms with Crippen molar-refractivity contribution in [2.45, 2.75) is 129 Å². The van der Waals surface area contributed by atoms with Gasteiger partial charge in [-0.15, -0.1) is 0 Å². The summed E-state index contributed by atoms with van der Waals surface area (Å²) in [6.07, 6.45) is 20.6. The average Bonchev–Trinajstić information content (AvgIpc) is 2.47. The monoisotopic (exact) mass is 344 g/mol. The number of rotatable bonds is 15. The average molecular weight is 345 g/mol. The van der Waals surface area contributed by atoms with Crippen molar-refractivity contribution in [1.29, 1.82) is 0 Å². The van der Waals surface area contributed by atoms with Crippen LogP contribution in [0.4, 0.5) is 0 Å². The summed E-state index contributed by atoms with van der Waals surface area (Å²) in [6, 6.07) is 1.53. The molecule has 0 amide bonds. The van der Waals surface area contributed by atoms with Crippen molar-refractivity contribution in [3.05, 3.63) is 0 Å². The quantitative estimate of drug-likeness (QED) is 0.237. The van der Waals surface area contributed by atoms with Crippen LogP contribution >= 0.6 is 0 Å². The summed E-state index contributed by atoms with van der Waals surface area (Å²) in [4.78, 5) is 0. The lowest BCUT2D eigenvalue weighted by Gasteiger charge is -2.14. The number of hydrogen-bond acceptors (Lipinski definition) is 1. The van der Waals surface area contributed by atoms with E-state index in [9.17, 15) is 0 Å². The second-order valence-electron chi connectivity index (χ2n) is 8.22. The van der Waals surface area contributed by atoms with Gasteiger partial charge in [-0.05, 0) is 6.92 Å². The smallest absolute Gasteiger partial charge is 0.0442 e. The van der Waals surface area contributed by atoms with Crippen LogP contribution in [0.5, 0.6) is 0 Å². The third kappa shape index (κ3) is 30.6. The molecular weight excluding hydrogens is 296 g/mol. The van der Waals surface area contributed by atoms with Crippen LogP contribution in [0.25, 0.3) is 0 Å². The first-order valence-corrected chi connectivity index (χ1v) is 14.3. The molecule has 0 aromatic carbocycles. The molecule has 0 bridgehead atoms. The van der Waals surface area contributed by atoms with Crippen LogP contribution in [0.2, 0.25) is 25.7 Å². The zero-order valence-electron chi connectivity index (χ0n) is 17.3. The van der Waals surface area contributed by atoms with E-state index in [1.54, 1.807) is 6.92 Å². The highest BCUT2D eigenvalue weighted by atomic mass is 28.3. The molecule has 0 aromatic rings. The van der Waals surface area contributed by atoms with Gasteiger partial charge in [0.2, 0.25) is 0 Å². The minimum Gasteiger partial charge on any atom is -0.397 e. The van der Waals surface area contributed by atoms with Gasteiger partial charge in [0.15, 0.2) is 0 Å². The van der Waals surface area contributed by atoms with Gasteiger partial charge in [-0.3, -0.25) is 0 Å². The predicted octanol–water partition coefficient (Wildman–Crippen LogP) is 7.80. The summed E-state index contributed by atoms with van der Waals surface area (Å²) in [5.41, 5.74) is 0. The highest BCUT2D eigenvalue weighted by Crippen LogP contribution is 2.16. The van der Waals surface area contributed by atoms with Crippen LogP contribution < -0.4 is 0 Å². The van der Waals surface area contributed by atoms with Crippen LogP contribution in [-0.2, 0) is 0 Å². The summed E-state index contributed by atoms with van der Waals surface area (Å²) in [6.45, 7) is 11.7. The molecule has 0 saturated carbocycles. The Hall–Kier alpha value is 0.177. The molecule has 0 fully saturated rings. The third-order valence-electron chi connectivity index (χ3n) is 4.28. The zero-order chi connectivity index (χ0) is 17.8. The van der Waals surface area contributed by atoms with E-state index >= 15 is 0 Å². The standard InChI is InChI=1S/C19H42Si.C2H6O/c1-5-6-7-8-9-10-11-12-13-14-15-16-17-18-19-20(2,3)4;1-2-3/h5-19H2,1-4H3;3H,2H2,1H3. The third-order valence-corrected chi connectivity index (χ3v) is 6.13. The lowest BCUT2D eigenvalue weighted by atomic mass is 10.0. The molecule has 142 valence electrons. The molecule has 0 aliphatic heterocycles. The maximum Gasteiger partial charge on any atom is 0.0442 e. The fourth-order valence-electron chi connectivity index (χ4n) is 2.85. The van der Waals surface area contributed by atoms with Crippen LogP contribution in [0.15, 0.2) is 0 Å². The molecule has 0 radical (unpaired) electrons. The minimum atomic E-state index is -0.760. The Morgan fingerprint density at radius 3 is 1.04 bits per heavy atom. The van der Waals surface area contributed by atoms with Crippen molar-refractivity contribution < 1.29 is 5.11 Å². The topological polar surface area (TPSA) is 20.2 Å². The molecule has 0 aliphatic carbocycles. The van der Waals surface area contributed by atoms with Gasteiger partial charge in [0.05, 0.1) is 0 Å². The summed E-state index contributed by atoms with van der Waals surface area (Å²) < 4.78 is 0. The Kier molecular flexibility index (Phi) is 22.3. The highest BCUT2D eigenvalue weighted by Gasteiger charge is 2.11. The molecule has 2 heteroatoms. The van der Waals surface area contributed by atoms with E-state index in [4.69, 9.17) is 5.11 Å². The molecular formula is C21H48OSi. The number of unbranched alkanes of at least 4 members (excludes halogenated alkanes) is 13. The van der Waals surface area contributed by atoms with E-state index in [1.165, 1.54) is 95.9 Å². The van der Waals surface area contributed by atoms with Gasteiger partial charge >= 0.3 is 0 Å². The Morgan fingerprint density at radius 1 is 0.522 bits per heavy atom. The number of hydrogen-bond donors (Lipinski definition) is 1. The van der Waals surface area contributed by atoms with Crippen LogP contribution in [0.1, 0.15) is 104 Å². The van der Waals surface area contributed by atoms with Gasteiger partial charge in [-0.2, -0.15) is 0 Å². The van der Waals surface area contributed by atoms with Gasteiger partial charge in [0.25, 0.3) is 0 Å². The molecule has 0 heterocycles. The van der Waals surface area contributed by atoms with Crippen molar-refractivity contribution in [2.24, 2.45) is 0 Å². The van der Waals surface area contributed by atoms with Crippen molar-refractivity contribution >= 4 is 8.07 Å². The first kappa shape index (κ1) is 25.4. The Labute approximate surface area is 149 Å². The van der Waals surface area contributed by atoms with E-state index in [1.807, 2.05) is 0 Å². The molecule has 0 aliphatic rings. The van der Waals surface area contributed by atoms with Crippen molar-refractivity contribution in [1.82, 2.24) is 0 Å². The zero-order valence-corrected chi connectivity index (χ0v) is 18.3. The van der Waals surface area contributed by atoms with Crippen LogP contribution in [-0.4, -0.2) is 19.8 Å². The molecule has 1 N–H and O–H groups in total. The molecule has 1 nitrogen and oxygen atoms in total. The number of aliphatic hydroxyl groups is 1. The largest absolute Gasteiger partial charge is 0.397 e. The molecule has 0 saturated heterocycles. The lowest BCUT2D eigenvalue weighted by molar-refractivity contribution is 0.318. The Bertz CT molecular complexity index is 199. The van der Waals surface area contributed by atoms with Gasteiger partial charge in [0, 0.05) is 14.7 Å². The van der Waals surface area contributed by atoms with Gasteiger partial charge in [-0.25, -0.2) is 0 Å². The Balaban J connectivity index is 0. The number of aliphatic hydroxyl groups excluding tert-OH is 1. The fourth-order valence-corrected chi connectivity index (χ4v) is 4.16. The van der Waals surface area contributed by atoms with E-state index in [-0.39, 0.29) is 6.61 Å². The van der Waals surface area contributed by atoms with E-state index in [2.05, 4.69) is 26.6 Å². The first-order valence-electron chi connectivity index (χ1n) is 10.6. The second kappa shape index (κ2) is 20.2. The van der Waals surface area contributed by atoms with Gasteiger partial charge in [0.1, 0.15) is 0 Å². The minimum absolute atomic E-state index is 0.250. The van der Waals surface area contributed by atoms with Crippen molar-refractivity contribution in [3.63, 3.8) is 0 Å². The Morgan fingerprint density at radius 2 is 0.783 bits per heavy atom. The SMILES string of the molecule is CCCCCCCCCCCCCCCC[Si](C)(C)C.CCO. The summed E-state index contributed by atoms with van der Waals surface area (Å²) in [7, 11) is -0.760. The summed E-state index contributed by atoms with van der Waals surface area (Å²) in [5.74, 6) is 0. The molecule has 0 rings (SSSR count). The van der Waals surface area contributed by atoms with E-state index < -0.39 is 8.07 Å². The lowest BCUT2D eigenvalue weighted by Crippen LogP contribution is -2.18. The summed E-state index contributed by atoms with van der Waals surface area (Å²) in [5, 5.41) is 7.57. The predicted molar refractivity (Wildman–Crippen MR) is 111 cm³/mol. The maximum absolute atomic E-state index is 7.57. The summed E-state index contributed by atoms with van der Waals surface area (Å²) >= 11 is 0. The second-order valence-corrected chi connectivity index (χ2v) is 13.8.